The number of halogens is 1. The van der Waals surface area contributed by atoms with Gasteiger partial charge in [0, 0.05) is 47.4 Å². The molecular formula is C28H26ClN5O2S. The van der Waals surface area contributed by atoms with E-state index in [1.165, 1.54) is 21.7 Å². The molecular weight excluding hydrogens is 506 g/mol. The van der Waals surface area contributed by atoms with Gasteiger partial charge in [-0.2, -0.15) is 5.26 Å². The first-order valence-electron chi connectivity index (χ1n) is 12.4. The lowest BCUT2D eigenvalue weighted by Gasteiger charge is -2.37. The molecule has 1 saturated heterocycles. The molecule has 3 aromatic rings. The van der Waals surface area contributed by atoms with Crippen LogP contribution in [0, 0.1) is 17.4 Å². The number of nitrogens with zero attached hydrogens (tertiary/aromatic N) is 4. The van der Waals surface area contributed by atoms with Gasteiger partial charge in [-0.25, -0.2) is 0 Å². The Balaban J connectivity index is 1.18. The molecule has 6 rings (SSSR count). The maximum atomic E-state index is 9.36. The van der Waals surface area contributed by atoms with Gasteiger partial charge in [0.25, 0.3) is 0 Å². The molecule has 0 bridgehead atoms. The molecule has 9 heteroatoms. The SMILES string of the molecule is N#C/N=C(\NCc1ccc2c(c1)OCO2)N1CCC(C2c3ccc(Cl)cc3SCc3cccnc32)CC1. The summed E-state index contributed by atoms with van der Waals surface area (Å²) >= 11 is 8.21. The van der Waals surface area contributed by atoms with Crippen molar-refractivity contribution in [2.24, 2.45) is 10.9 Å². The van der Waals surface area contributed by atoms with E-state index in [4.69, 9.17) is 26.1 Å². The minimum absolute atomic E-state index is 0.221. The van der Waals surface area contributed by atoms with E-state index >= 15 is 0 Å². The molecule has 7 nitrogen and oxygen atoms in total. The predicted octanol–water partition coefficient (Wildman–Crippen LogP) is 5.54. The molecule has 4 heterocycles. The van der Waals surface area contributed by atoms with E-state index in [1.807, 2.05) is 54.5 Å². The topological polar surface area (TPSA) is 82.8 Å². The number of ether oxygens (including phenoxy) is 2. The maximum Gasteiger partial charge on any atom is 0.231 e. The lowest BCUT2D eigenvalue weighted by atomic mass is 9.77. The molecule has 1 N–H and O–H groups in total. The van der Waals surface area contributed by atoms with Crippen LogP contribution in [0.2, 0.25) is 5.02 Å². The normalized spacial score (nSPS) is 19.0. The van der Waals surface area contributed by atoms with Gasteiger partial charge in [0.15, 0.2) is 11.5 Å². The van der Waals surface area contributed by atoms with Crippen LogP contribution in [-0.4, -0.2) is 35.7 Å². The van der Waals surface area contributed by atoms with E-state index in [-0.39, 0.29) is 12.7 Å². The highest BCUT2D eigenvalue weighted by atomic mass is 35.5. The number of piperidine rings is 1. The van der Waals surface area contributed by atoms with Crippen molar-refractivity contribution in [3.63, 3.8) is 0 Å². The van der Waals surface area contributed by atoms with Crippen LogP contribution in [0.4, 0.5) is 0 Å². The van der Waals surface area contributed by atoms with Gasteiger partial charge >= 0.3 is 0 Å². The quantitative estimate of drug-likeness (QED) is 0.270. The molecule has 37 heavy (non-hydrogen) atoms. The van der Waals surface area contributed by atoms with Gasteiger partial charge in [-0.05, 0) is 65.8 Å². The van der Waals surface area contributed by atoms with Gasteiger partial charge in [-0.3, -0.25) is 4.98 Å². The highest BCUT2D eigenvalue weighted by Gasteiger charge is 2.35. The number of likely N-dealkylation sites (tertiary alicyclic amines) is 1. The fourth-order valence-corrected chi connectivity index (χ4v) is 6.83. The number of rotatable bonds is 3. The average Bonchev–Trinajstić information content (AvgIpc) is 3.33. The van der Waals surface area contributed by atoms with Crippen LogP contribution in [0.25, 0.3) is 0 Å². The summed E-state index contributed by atoms with van der Waals surface area (Å²) in [6.45, 7) is 2.42. The van der Waals surface area contributed by atoms with Crippen molar-refractivity contribution in [2.75, 3.05) is 19.9 Å². The second-order valence-electron chi connectivity index (χ2n) is 9.40. The van der Waals surface area contributed by atoms with Crippen molar-refractivity contribution in [1.29, 1.82) is 5.26 Å². The molecule has 0 spiro atoms. The molecule has 188 valence electrons. The lowest BCUT2D eigenvalue weighted by Crippen LogP contribution is -2.46. The van der Waals surface area contributed by atoms with E-state index < -0.39 is 0 Å². The number of aromatic nitrogens is 1. The van der Waals surface area contributed by atoms with Gasteiger partial charge in [-0.15, -0.1) is 16.8 Å². The first-order valence-corrected chi connectivity index (χ1v) is 13.8. The number of nitrogens with one attached hydrogen (secondary N) is 1. The molecule has 1 unspecified atom stereocenters. The number of hydrogen-bond acceptors (Lipinski definition) is 6. The summed E-state index contributed by atoms with van der Waals surface area (Å²) < 4.78 is 10.9. The number of guanidine groups is 1. The van der Waals surface area contributed by atoms with Crippen molar-refractivity contribution in [2.45, 2.75) is 36.0 Å². The number of fused-ring (bicyclic) bond motifs is 3. The van der Waals surface area contributed by atoms with E-state index in [2.05, 4.69) is 33.4 Å². The Morgan fingerprint density at radius 3 is 2.89 bits per heavy atom. The summed E-state index contributed by atoms with van der Waals surface area (Å²) in [7, 11) is 0. The fraction of sp³-hybridized carbons (Fsp3) is 0.321. The second-order valence-corrected chi connectivity index (χ2v) is 10.9. The Hall–Kier alpha value is -3.41. The molecule has 3 aliphatic rings. The second kappa shape index (κ2) is 10.5. The zero-order valence-corrected chi connectivity index (χ0v) is 21.8. The molecule has 1 fully saturated rings. The molecule has 0 amide bonds. The molecule has 2 aromatic carbocycles. The van der Waals surface area contributed by atoms with Crippen molar-refractivity contribution < 1.29 is 9.47 Å². The van der Waals surface area contributed by atoms with Crippen LogP contribution in [-0.2, 0) is 12.3 Å². The minimum Gasteiger partial charge on any atom is -0.454 e. The van der Waals surface area contributed by atoms with E-state index in [1.54, 1.807) is 0 Å². The standard InChI is InChI=1S/C28H26ClN5O2S/c29-21-4-5-22-25(13-21)37-15-20-2-1-9-31-27(20)26(22)19-7-10-34(11-8-19)28(33-16-30)32-14-18-3-6-23-24(12-18)36-17-35-23/h1-6,9,12-13,19,26H,7-8,10-11,14-15,17H2,(H,32,33). The Morgan fingerprint density at radius 2 is 2.03 bits per heavy atom. The van der Waals surface area contributed by atoms with Crippen LogP contribution in [0.5, 0.6) is 11.5 Å². The maximum absolute atomic E-state index is 9.36. The first kappa shape index (κ1) is 24.0. The van der Waals surface area contributed by atoms with Gasteiger partial charge in [0.2, 0.25) is 18.9 Å². The Bertz CT molecular complexity index is 1380. The first-order chi connectivity index (χ1) is 18.2. The highest BCUT2D eigenvalue weighted by molar-refractivity contribution is 7.98. The van der Waals surface area contributed by atoms with Crippen molar-refractivity contribution in [3.05, 3.63) is 82.1 Å². The summed E-state index contributed by atoms with van der Waals surface area (Å²) in [5.74, 6) is 3.67. The summed E-state index contributed by atoms with van der Waals surface area (Å²) in [5.41, 5.74) is 4.83. The molecule has 0 aliphatic carbocycles. The third-order valence-electron chi connectivity index (χ3n) is 7.27. The average molecular weight is 532 g/mol. The van der Waals surface area contributed by atoms with E-state index in [0.29, 0.717) is 18.4 Å². The Labute approximate surface area is 225 Å². The van der Waals surface area contributed by atoms with Crippen LogP contribution in [0.15, 0.2) is 64.6 Å². The Morgan fingerprint density at radius 1 is 1.16 bits per heavy atom. The molecule has 1 aromatic heterocycles. The number of hydrogen-bond donors (Lipinski definition) is 1. The van der Waals surface area contributed by atoms with Crippen molar-refractivity contribution in [3.8, 4) is 17.7 Å². The van der Waals surface area contributed by atoms with Crippen molar-refractivity contribution >= 4 is 29.3 Å². The van der Waals surface area contributed by atoms with Gasteiger partial charge in [0.05, 0.1) is 5.69 Å². The van der Waals surface area contributed by atoms with Crippen LogP contribution >= 0.6 is 23.4 Å². The minimum atomic E-state index is 0.221. The Kier molecular flexibility index (Phi) is 6.81. The summed E-state index contributed by atoms with van der Waals surface area (Å²) in [5, 5.41) is 13.5. The molecule has 3 aliphatic heterocycles. The third-order valence-corrected chi connectivity index (χ3v) is 8.62. The number of nitriles is 1. The smallest absolute Gasteiger partial charge is 0.231 e. The van der Waals surface area contributed by atoms with Crippen molar-refractivity contribution in [1.82, 2.24) is 15.2 Å². The zero-order chi connectivity index (χ0) is 25.2. The van der Waals surface area contributed by atoms with Crippen LogP contribution in [0.3, 0.4) is 0 Å². The fourth-order valence-electron chi connectivity index (χ4n) is 5.47. The monoisotopic (exact) mass is 531 g/mol. The third kappa shape index (κ3) is 4.94. The number of benzene rings is 2. The van der Waals surface area contributed by atoms with Gasteiger partial charge in [-0.1, -0.05) is 29.8 Å². The largest absolute Gasteiger partial charge is 0.454 e. The number of pyridine rings is 1. The van der Waals surface area contributed by atoms with Gasteiger partial charge < -0.3 is 19.7 Å². The van der Waals surface area contributed by atoms with Crippen LogP contribution in [0.1, 0.15) is 41.1 Å². The van der Waals surface area contributed by atoms with Crippen LogP contribution < -0.4 is 14.8 Å². The summed E-state index contributed by atoms with van der Waals surface area (Å²) in [6.07, 6.45) is 5.83. The van der Waals surface area contributed by atoms with E-state index in [9.17, 15) is 5.26 Å². The zero-order valence-electron chi connectivity index (χ0n) is 20.2. The number of aliphatic imine (C=N–C) groups is 1. The molecule has 1 atom stereocenters. The molecule has 0 saturated carbocycles. The van der Waals surface area contributed by atoms with E-state index in [0.717, 1.165) is 53.8 Å². The van der Waals surface area contributed by atoms with Gasteiger partial charge in [0.1, 0.15) is 0 Å². The number of thioether (sulfide) groups is 1. The predicted molar refractivity (Wildman–Crippen MR) is 144 cm³/mol. The summed E-state index contributed by atoms with van der Waals surface area (Å²) in [4.78, 5) is 12.4. The molecule has 0 radical (unpaired) electrons. The summed E-state index contributed by atoms with van der Waals surface area (Å²) in [6, 6.07) is 16.4. The lowest BCUT2D eigenvalue weighted by molar-refractivity contribution is 0.174. The highest BCUT2D eigenvalue weighted by Crippen LogP contribution is 2.46.